The van der Waals surface area contributed by atoms with E-state index in [1.807, 2.05) is 24.3 Å². The van der Waals surface area contributed by atoms with Crippen molar-refractivity contribution in [2.24, 2.45) is 17.8 Å². The van der Waals surface area contributed by atoms with E-state index in [9.17, 15) is 4.79 Å². The summed E-state index contributed by atoms with van der Waals surface area (Å²) >= 11 is 0. The molecule has 0 aliphatic carbocycles. The second-order valence-electron chi connectivity index (χ2n) is 6.42. The zero-order chi connectivity index (χ0) is 14.7. The quantitative estimate of drug-likeness (QED) is 0.865. The Morgan fingerprint density at radius 2 is 1.90 bits per heavy atom. The molecule has 20 heavy (non-hydrogen) atoms. The molecule has 2 rings (SSSR count). The average molecular weight is 274 g/mol. The maximum Gasteiger partial charge on any atom is 0.229 e. The zero-order valence-corrected chi connectivity index (χ0v) is 12.9. The molecule has 1 aromatic carbocycles. The normalized spacial score (nSPS) is 17.4. The van der Waals surface area contributed by atoms with E-state index in [0.29, 0.717) is 24.3 Å². The summed E-state index contributed by atoms with van der Waals surface area (Å²) in [6.07, 6.45) is 0. The van der Waals surface area contributed by atoms with E-state index >= 15 is 0 Å². The smallest absolute Gasteiger partial charge is 0.229 e. The molecule has 2 N–H and O–H groups in total. The van der Waals surface area contributed by atoms with Gasteiger partial charge in [-0.25, -0.2) is 0 Å². The standard InChI is InChI=1S/C17H26N2O/c1-11(2)14(12(3)4)9-19-17(20)15-10-18-16-8-6-5-7-13(15)16/h5-8,11-12,14-15,18H,9-10H2,1-4H3,(H,19,20). The minimum absolute atomic E-state index is 0.0498. The molecule has 0 radical (unpaired) electrons. The maximum absolute atomic E-state index is 12.4. The van der Waals surface area contributed by atoms with E-state index < -0.39 is 0 Å². The Balaban J connectivity index is 1.97. The molecule has 0 aromatic heterocycles. The summed E-state index contributed by atoms with van der Waals surface area (Å²) in [5, 5.41) is 6.45. The van der Waals surface area contributed by atoms with Crippen molar-refractivity contribution in [3.8, 4) is 0 Å². The number of benzene rings is 1. The molecular weight excluding hydrogens is 248 g/mol. The molecule has 1 aliphatic heterocycles. The van der Waals surface area contributed by atoms with Gasteiger partial charge in [0.1, 0.15) is 0 Å². The highest BCUT2D eigenvalue weighted by Crippen LogP contribution is 2.31. The number of hydrogen-bond acceptors (Lipinski definition) is 2. The molecule has 1 unspecified atom stereocenters. The molecule has 110 valence electrons. The van der Waals surface area contributed by atoms with E-state index in [4.69, 9.17) is 0 Å². The van der Waals surface area contributed by atoms with Gasteiger partial charge in [-0.05, 0) is 29.4 Å². The van der Waals surface area contributed by atoms with Gasteiger partial charge in [0.05, 0.1) is 5.92 Å². The Kier molecular flexibility index (Phi) is 4.69. The number of hydrogen-bond donors (Lipinski definition) is 2. The molecule has 1 aromatic rings. The van der Waals surface area contributed by atoms with Crippen LogP contribution in [0.4, 0.5) is 5.69 Å². The highest BCUT2D eigenvalue weighted by molar-refractivity contribution is 5.88. The first-order valence-corrected chi connectivity index (χ1v) is 7.61. The first-order chi connectivity index (χ1) is 9.50. The molecule has 1 atom stereocenters. The van der Waals surface area contributed by atoms with Gasteiger partial charge in [-0.2, -0.15) is 0 Å². The summed E-state index contributed by atoms with van der Waals surface area (Å²) in [5.41, 5.74) is 2.22. The van der Waals surface area contributed by atoms with Crippen LogP contribution in [0.2, 0.25) is 0 Å². The Morgan fingerprint density at radius 3 is 2.55 bits per heavy atom. The van der Waals surface area contributed by atoms with Crippen molar-refractivity contribution in [2.45, 2.75) is 33.6 Å². The minimum atomic E-state index is -0.0498. The lowest BCUT2D eigenvalue weighted by atomic mass is 9.85. The van der Waals surface area contributed by atoms with E-state index in [0.717, 1.165) is 17.8 Å². The number of fused-ring (bicyclic) bond motifs is 1. The fraction of sp³-hybridized carbons (Fsp3) is 0.588. The van der Waals surface area contributed by atoms with Crippen LogP contribution in [0.15, 0.2) is 24.3 Å². The number of para-hydroxylation sites is 1. The molecule has 1 heterocycles. The molecule has 0 saturated heterocycles. The monoisotopic (exact) mass is 274 g/mol. The van der Waals surface area contributed by atoms with Crippen LogP contribution in [0.25, 0.3) is 0 Å². The Labute approximate surface area is 122 Å². The van der Waals surface area contributed by atoms with Gasteiger partial charge in [-0.3, -0.25) is 4.79 Å². The first-order valence-electron chi connectivity index (χ1n) is 7.61. The summed E-state index contributed by atoms with van der Waals surface area (Å²) in [6, 6.07) is 8.08. The van der Waals surface area contributed by atoms with Gasteiger partial charge in [0, 0.05) is 18.8 Å². The summed E-state index contributed by atoms with van der Waals surface area (Å²) in [4.78, 5) is 12.4. The van der Waals surface area contributed by atoms with Crippen molar-refractivity contribution < 1.29 is 4.79 Å². The lowest BCUT2D eigenvalue weighted by Gasteiger charge is -2.25. The molecule has 3 nitrogen and oxygen atoms in total. The topological polar surface area (TPSA) is 41.1 Å². The first kappa shape index (κ1) is 14.9. The van der Waals surface area contributed by atoms with Crippen LogP contribution in [0.5, 0.6) is 0 Å². The number of anilines is 1. The Hall–Kier alpha value is -1.51. The lowest BCUT2D eigenvalue weighted by Crippen LogP contribution is -2.37. The largest absolute Gasteiger partial charge is 0.384 e. The van der Waals surface area contributed by atoms with E-state index in [1.54, 1.807) is 0 Å². The summed E-state index contributed by atoms with van der Waals surface area (Å²) in [6.45, 7) is 10.4. The molecule has 3 heteroatoms. The van der Waals surface area contributed by atoms with Crippen LogP contribution in [-0.4, -0.2) is 19.0 Å². The van der Waals surface area contributed by atoms with Gasteiger partial charge < -0.3 is 10.6 Å². The van der Waals surface area contributed by atoms with Crippen molar-refractivity contribution >= 4 is 11.6 Å². The fourth-order valence-electron chi connectivity index (χ4n) is 3.10. The molecule has 1 aliphatic rings. The number of carbonyl (C=O) groups excluding carboxylic acids is 1. The molecule has 0 spiro atoms. The minimum Gasteiger partial charge on any atom is -0.384 e. The van der Waals surface area contributed by atoms with E-state index in [1.165, 1.54) is 0 Å². The summed E-state index contributed by atoms with van der Waals surface area (Å²) in [7, 11) is 0. The van der Waals surface area contributed by atoms with Gasteiger partial charge in [-0.1, -0.05) is 45.9 Å². The molecular formula is C17H26N2O. The van der Waals surface area contributed by atoms with Crippen LogP contribution in [0, 0.1) is 17.8 Å². The zero-order valence-electron chi connectivity index (χ0n) is 12.9. The number of carbonyl (C=O) groups is 1. The predicted octanol–water partition coefficient (Wildman–Crippen LogP) is 3.24. The second kappa shape index (κ2) is 6.29. The predicted molar refractivity (Wildman–Crippen MR) is 83.8 cm³/mol. The van der Waals surface area contributed by atoms with Gasteiger partial charge in [-0.15, -0.1) is 0 Å². The molecule has 0 saturated carbocycles. The highest BCUT2D eigenvalue weighted by Gasteiger charge is 2.28. The number of amides is 1. The van der Waals surface area contributed by atoms with Crippen molar-refractivity contribution in [3.63, 3.8) is 0 Å². The molecule has 1 amide bonds. The third-order valence-corrected chi connectivity index (χ3v) is 4.37. The maximum atomic E-state index is 12.4. The Morgan fingerprint density at radius 1 is 1.25 bits per heavy atom. The number of nitrogens with one attached hydrogen (secondary N) is 2. The second-order valence-corrected chi connectivity index (χ2v) is 6.42. The van der Waals surface area contributed by atoms with Crippen molar-refractivity contribution in [1.82, 2.24) is 5.32 Å². The fourth-order valence-corrected chi connectivity index (χ4v) is 3.10. The van der Waals surface area contributed by atoms with Crippen LogP contribution < -0.4 is 10.6 Å². The average Bonchev–Trinajstić information content (AvgIpc) is 2.81. The number of rotatable bonds is 5. The van der Waals surface area contributed by atoms with Crippen LogP contribution >= 0.6 is 0 Å². The Bertz CT molecular complexity index is 460. The van der Waals surface area contributed by atoms with Crippen molar-refractivity contribution in [3.05, 3.63) is 29.8 Å². The van der Waals surface area contributed by atoms with Gasteiger partial charge >= 0.3 is 0 Å². The highest BCUT2D eigenvalue weighted by atomic mass is 16.1. The molecule has 0 fully saturated rings. The summed E-state index contributed by atoms with van der Waals surface area (Å²) < 4.78 is 0. The van der Waals surface area contributed by atoms with Crippen LogP contribution in [-0.2, 0) is 4.79 Å². The lowest BCUT2D eigenvalue weighted by molar-refractivity contribution is -0.122. The van der Waals surface area contributed by atoms with Crippen LogP contribution in [0.1, 0.15) is 39.2 Å². The summed E-state index contributed by atoms with van der Waals surface area (Å²) in [5.74, 6) is 1.80. The van der Waals surface area contributed by atoms with E-state index in [-0.39, 0.29) is 11.8 Å². The third-order valence-electron chi connectivity index (χ3n) is 4.37. The third kappa shape index (κ3) is 3.14. The molecule has 0 bridgehead atoms. The van der Waals surface area contributed by atoms with Crippen LogP contribution in [0.3, 0.4) is 0 Å². The van der Waals surface area contributed by atoms with Crippen molar-refractivity contribution in [1.29, 1.82) is 0 Å². The van der Waals surface area contributed by atoms with E-state index in [2.05, 4.69) is 38.3 Å². The van der Waals surface area contributed by atoms with Gasteiger partial charge in [0.2, 0.25) is 5.91 Å². The SMILES string of the molecule is CC(C)C(CNC(=O)C1CNc2ccccc21)C(C)C. The van der Waals surface area contributed by atoms with Gasteiger partial charge in [0.15, 0.2) is 0 Å². The van der Waals surface area contributed by atoms with Crippen molar-refractivity contribution in [2.75, 3.05) is 18.4 Å². The van der Waals surface area contributed by atoms with Gasteiger partial charge in [0.25, 0.3) is 0 Å².